The van der Waals surface area contributed by atoms with Crippen LogP contribution in [0.3, 0.4) is 0 Å². The molecule has 6 aromatic carbocycles. The average molecular weight is 428 g/mol. The van der Waals surface area contributed by atoms with Crippen LogP contribution in [0.1, 0.15) is 0 Å². The fraction of sp³-hybridized carbons (Fsp3) is 0. The van der Waals surface area contributed by atoms with Gasteiger partial charge in [-0.3, -0.25) is 0 Å². The Kier molecular flexibility index (Phi) is 4.24. The summed E-state index contributed by atoms with van der Waals surface area (Å²) in [5.74, 6) is 0.674. The fourth-order valence-electron chi connectivity index (χ4n) is 4.89. The predicted molar refractivity (Wildman–Crippen MR) is 135 cm³/mol. The smallest absolute Gasteiger partial charge is 0.124 e. The third kappa shape index (κ3) is 2.90. The van der Waals surface area contributed by atoms with Gasteiger partial charge in [0, 0.05) is 16.2 Å². The Morgan fingerprint density at radius 3 is 1.55 bits per heavy atom. The Bertz CT molecular complexity index is 1700. The topological polar surface area (TPSA) is 60.7 Å². The predicted octanol–water partition coefficient (Wildman–Crippen LogP) is 7.60. The van der Waals surface area contributed by atoms with E-state index in [4.69, 9.17) is 0 Å². The molecule has 3 N–H and O–H groups in total. The van der Waals surface area contributed by atoms with Crippen molar-refractivity contribution in [2.75, 3.05) is 0 Å². The number of phenols is 3. The lowest BCUT2D eigenvalue weighted by Crippen LogP contribution is -1.89. The van der Waals surface area contributed by atoms with Crippen molar-refractivity contribution in [3.05, 3.63) is 103 Å². The SMILES string of the molecule is Oc1cccc2c(-c3ccc(-c4ccc(O)c5ccccc45)c4c(O)cccc34)cccc12. The minimum absolute atomic E-state index is 0.199. The molecule has 0 bridgehead atoms. The van der Waals surface area contributed by atoms with Crippen LogP contribution >= 0.6 is 0 Å². The molecule has 3 heteroatoms. The Balaban J connectivity index is 1.70. The number of rotatable bonds is 2. The molecule has 0 aliphatic rings. The molecule has 3 nitrogen and oxygen atoms in total. The highest BCUT2D eigenvalue weighted by atomic mass is 16.3. The summed E-state index contributed by atoms with van der Waals surface area (Å²) in [4.78, 5) is 0. The molecule has 0 unspecified atom stereocenters. The van der Waals surface area contributed by atoms with Crippen molar-refractivity contribution in [1.82, 2.24) is 0 Å². The fourth-order valence-corrected chi connectivity index (χ4v) is 4.89. The normalized spacial score (nSPS) is 11.4. The second kappa shape index (κ2) is 7.28. The molecule has 0 heterocycles. The average Bonchev–Trinajstić information content (AvgIpc) is 2.84. The Hall–Kier alpha value is -4.50. The van der Waals surface area contributed by atoms with Gasteiger partial charge in [-0.15, -0.1) is 0 Å². The van der Waals surface area contributed by atoms with E-state index in [2.05, 4.69) is 6.07 Å². The molecule has 0 spiro atoms. The third-order valence-corrected chi connectivity index (χ3v) is 6.40. The standard InChI is InChI=1S/C30H20O3/c31-27-12-4-9-20-18(8-3-10-24(20)27)21-14-15-26(30-25(21)11-5-13-29(30)33)22-16-17-28(32)23-7-2-1-6-19(22)23/h1-17,31-33H. The summed E-state index contributed by atoms with van der Waals surface area (Å²) >= 11 is 0. The van der Waals surface area contributed by atoms with Crippen molar-refractivity contribution >= 4 is 32.3 Å². The first-order chi connectivity index (χ1) is 16.1. The van der Waals surface area contributed by atoms with Gasteiger partial charge < -0.3 is 15.3 Å². The number of benzene rings is 6. The monoisotopic (exact) mass is 428 g/mol. The summed E-state index contributed by atoms with van der Waals surface area (Å²) < 4.78 is 0. The molecule has 0 aliphatic heterocycles. The van der Waals surface area contributed by atoms with Crippen LogP contribution in [0.25, 0.3) is 54.6 Å². The molecule has 0 amide bonds. The lowest BCUT2D eigenvalue weighted by atomic mass is 9.88. The van der Waals surface area contributed by atoms with Gasteiger partial charge in [-0.05, 0) is 56.6 Å². The van der Waals surface area contributed by atoms with Gasteiger partial charge >= 0.3 is 0 Å². The highest BCUT2D eigenvalue weighted by molar-refractivity contribution is 6.14. The highest BCUT2D eigenvalue weighted by Gasteiger charge is 2.16. The maximum Gasteiger partial charge on any atom is 0.124 e. The number of fused-ring (bicyclic) bond motifs is 3. The van der Waals surface area contributed by atoms with Gasteiger partial charge in [-0.1, -0.05) is 84.9 Å². The van der Waals surface area contributed by atoms with Gasteiger partial charge in [0.15, 0.2) is 0 Å². The van der Waals surface area contributed by atoms with Gasteiger partial charge in [0.05, 0.1) is 0 Å². The van der Waals surface area contributed by atoms with Crippen LogP contribution in [0.5, 0.6) is 17.2 Å². The van der Waals surface area contributed by atoms with Gasteiger partial charge in [-0.2, -0.15) is 0 Å². The molecule has 0 fully saturated rings. The number of hydrogen-bond acceptors (Lipinski definition) is 3. The second-order valence-corrected chi connectivity index (χ2v) is 8.22. The van der Waals surface area contributed by atoms with E-state index >= 15 is 0 Å². The Morgan fingerprint density at radius 2 is 0.758 bits per heavy atom. The Morgan fingerprint density at radius 1 is 0.303 bits per heavy atom. The van der Waals surface area contributed by atoms with Crippen molar-refractivity contribution in [2.45, 2.75) is 0 Å². The molecular weight excluding hydrogens is 408 g/mol. The first-order valence-electron chi connectivity index (χ1n) is 10.8. The molecule has 158 valence electrons. The van der Waals surface area contributed by atoms with E-state index < -0.39 is 0 Å². The number of aromatic hydroxyl groups is 3. The third-order valence-electron chi connectivity index (χ3n) is 6.40. The quantitative estimate of drug-likeness (QED) is 0.266. The van der Waals surface area contributed by atoms with E-state index in [9.17, 15) is 15.3 Å². The van der Waals surface area contributed by atoms with Crippen molar-refractivity contribution < 1.29 is 15.3 Å². The van der Waals surface area contributed by atoms with Gasteiger partial charge in [-0.25, -0.2) is 0 Å². The van der Waals surface area contributed by atoms with E-state index in [1.807, 2.05) is 78.9 Å². The summed E-state index contributed by atoms with van der Waals surface area (Å²) in [5, 5.41) is 36.8. The van der Waals surface area contributed by atoms with Crippen molar-refractivity contribution in [3.63, 3.8) is 0 Å². The number of phenolic OH excluding ortho intramolecular Hbond substituents is 3. The van der Waals surface area contributed by atoms with Crippen LogP contribution in [0.4, 0.5) is 0 Å². The second-order valence-electron chi connectivity index (χ2n) is 8.22. The van der Waals surface area contributed by atoms with Crippen LogP contribution in [0.2, 0.25) is 0 Å². The largest absolute Gasteiger partial charge is 0.507 e. The molecule has 6 aromatic rings. The van der Waals surface area contributed by atoms with Crippen molar-refractivity contribution in [2.24, 2.45) is 0 Å². The minimum Gasteiger partial charge on any atom is -0.507 e. The zero-order valence-corrected chi connectivity index (χ0v) is 17.7. The summed E-state index contributed by atoms with van der Waals surface area (Å²) in [5.41, 5.74) is 3.80. The summed E-state index contributed by atoms with van der Waals surface area (Å²) in [6.07, 6.45) is 0. The van der Waals surface area contributed by atoms with Crippen LogP contribution < -0.4 is 0 Å². The maximum absolute atomic E-state index is 11.0. The van der Waals surface area contributed by atoms with E-state index in [1.54, 1.807) is 18.2 Å². The molecule has 6 rings (SSSR count). The summed E-state index contributed by atoms with van der Waals surface area (Å²) in [7, 11) is 0. The lowest BCUT2D eigenvalue weighted by Gasteiger charge is -2.16. The van der Waals surface area contributed by atoms with Crippen molar-refractivity contribution in [3.8, 4) is 39.5 Å². The molecule has 33 heavy (non-hydrogen) atoms. The van der Waals surface area contributed by atoms with E-state index in [1.165, 1.54) is 0 Å². The van der Waals surface area contributed by atoms with E-state index in [0.29, 0.717) is 0 Å². The van der Waals surface area contributed by atoms with E-state index in [0.717, 1.165) is 54.6 Å². The van der Waals surface area contributed by atoms with Gasteiger partial charge in [0.2, 0.25) is 0 Å². The molecule has 0 atom stereocenters. The molecule has 0 saturated carbocycles. The van der Waals surface area contributed by atoms with Gasteiger partial charge in [0.1, 0.15) is 17.2 Å². The first-order valence-corrected chi connectivity index (χ1v) is 10.8. The number of hydrogen-bond donors (Lipinski definition) is 3. The Labute approximate surface area is 190 Å². The van der Waals surface area contributed by atoms with Crippen LogP contribution in [-0.4, -0.2) is 15.3 Å². The van der Waals surface area contributed by atoms with Gasteiger partial charge in [0.25, 0.3) is 0 Å². The maximum atomic E-state index is 11.0. The van der Waals surface area contributed by atoms with Crippen LogP contribution in [0.15, 0.2) is 103 Å². The minimum atomic E-state index is 0.199. The van der Waals surface area contributed by atoms with Crippen LogP contribution in [0, 0.1) is 0 Å². The zero-order chi connectivity index (χ0) is 22.5. The molecule has 0 saturated heterocycles. The summed E-state index contributed by atoms with van der Waals surface area (Å²) in [6.45, 7) is 0. The summed E-state index contributed by atoms with van der Waals surface area (Å²) in [6, 6.07) is 32.4. The van der Waals surface area contributed by atoms with E-state index in [-0.39, 0.29) is 17.2 Å². The van der Waals surface area contributed by atoms with Crippen molar-refractivity contribution in [1.29, 1.82) is 0 Å². The molecule has 0 radical (unpaired) electrons. The van der Waals surface area contributed by atoms with Crippen LogP contribution in [-0.2, 0) is 0 Å². The first kappa shape index (κ1) is 19.2. The highest BCUT2D eigenvalue weighted by Crippen LogP contribution is 2.44. The lowest BCUT2D eigenvalue weighted by molar-refractivity contribution is 0.481. The molecular formula is C30H20O3. The molecule has 0 aliphatic carbocycles. The zero-order valence-electron chi connectivity index (χ0n) is 17.7. The molecule has 0 aromatic heterocycles.